The van der Waals surface area contributed by atoms with Gasteiger partial charge in [0, 0.05) is 0 Å². The number of unbranched alkanes of at least 4 members (excludes halogenated alkanes) is 11. The van der Waals surface area contributed by atoms with Gasteiger partial charge in [-0.15, -0.1) is 0 Å². The van der Waals surface area contributed by atoms with E-state index in [4.69, 9.17) is 0 Å². The van der Waals surface area contributed by atoms with E-state index in [2.05, 4.69) is 12.7 Å². The second kappa shape index (κ2) is 16.3. The summed E-state index contributed by atoms with van der Waals surface area (Å²) in [7, 11) is -4.27. The molecule has 0 unspecified atom stereocenters. The van der Waals surface area contributed by atoms with Crippen LogP contribution in [-0.4, -0.2) is 19.5 Å². The van der Waals surface area contributed by atoms with Gasteiger partial charge >= 0.3 is 0 Å². The molecule has 0 atom stereocenters. The van der Waals surface area contributed by atoms with Crippen molar-refractivity contribution in [2.45, 2.75) is 95.8 Å². The van der Waals surface area contributed by atoms with Crippen LogP contribution >= 0.6 is 0 Å². The van der Waals surface area contributed by atoms with Gasteiger partial charge in [0.05, 0.1) is 11.4 Å². The van der Waals surface area contributed by atoms with E-state index >= 15 is 0 Å². The van der Waals surface area contributed by atoms with Crippen LogP contribution in [0.2, 0.25) is 0 Å². The molecule has 152 valence electrons. The molecule has 1 aromatic rings. The predicted molar refractivity (Wildman–Crippen MR) is 108 cm³/mol. The first-order chi connectivity index (χ1) is 12.4. The topological polar surface area (TPSA) is 84.8 Å². The van der Waals surface area contributed by atoms with Crippen molar-refractivity contribution in [3.05, 3.63) is 29.8 Å². The standard InChI is InChI=1S/C14H31N.C7H8O3S/c1-2-3-4-5-6-7-8-9-10-11-12-13-14-15;1-6-2-4-7(5-3-6)11(8,9)10/h2-15H2,1H3;2-5H,1H3,(H,8,9,10). The fourth-order valence-corrected chi connectivity index (χ4v) is 3.19. The first-order valence-electron chi connectivity index (χ1n) is 10.2. The molecule has 0 amide bonds. The minimum Gasteiger partial charge on any atom is -0.744 e. The van der Waals surface area contributed by atoms with Crippen molar-refractivity contribution in [1.82, 2.24) is 0 Å². The van der Waals surface area contributed by atoms with Crippen LogP contribution in [0.3, 0.4) is 0 Å². The SMILES string of the molecule is CCCCCCCCCCCCCC[NH3+].Cc1ccc(S(=O)(=O)[O-])cc1. The third-order valence-electron chi connectivity index (χ3n) is 4.41. The molecule has 0 fully saturated rings. The maximum atomic E-state index is 10.4. The van der Waals surface area contributed by atoms with Gasteiger partial charge < -0.3 is 10.3 Å². The summed E-state index contributed by atoms with van der Waals surface area (Å²) in [5.74, 6) is 0. The van der Waals surface area contributed by atoms with E-state index in [0.717, 1.165) is 12.1 Å². The molecule has 0 radical (unpaired) electrons. The summed E-state index contributed by atoms with van der Waals surface area (Å²) in [4.78, 5) is -0.178. The van der Waals surface area contributed by atoms with Crippen LogP contribution in [0.1, 0.15) is 89.5 Å². The van der Waals surface area contributed by atoms with Crippen LogP contribution in [0, 0.1) is 6.92 Å². The first kappa shape index (κ1) is 25.1. The normalized spacial score (nSPS) is 11.1. The molecule has 0 heterocycles. The number of benzene rings is 1. The summed E-state index contributed by atoms with van der Waals surface area (Å²) in [5, 5.41) is 0. The highest BCUT2D eigenvalue weighted by atomic mass is 32.2. The molecule has 0 aliphatic rings. The zero-order chi connectivity index (χ0) is 19.7. The van der Waals surface area contributed by atoms with Crippen LogP contribution in [-0.2, 0) is 10.1 Å². The fraction of sp³-hybridized carbons (Fsp3) is 0.714. The Morgan fingerprint density at radius 1 is 0.769 bits per heavy atom. The number of quaternary nitrogens is 1. The number of hydrogen-bond donors (Lipinski definition) is 1. The second-order valence-electron chi connectivity index (χ2n) is 7.01. The molecule has 0 aromatic heterocycles. The first-order valence-corrected chi connectivity index (χ1v) is 11.6. The van der Waals surface area contributed by atoms with Crippen molar-refractivity contribution in [1.29, 1.82) is 0 Å². The lowest BCUT2D eigenvalue weighted by molar-refractivity contribution is -0.368. The van der Waals surface area contributed by atoms with E-state index in [0.29, 0.717) is 0 Å². The summed E-state index contributed by atoms with van der Waals surface area (Å²) in [5.41, 5.74) is 4.80. The maximum absolute atomic E-state index is 10.4. The Morgan fingerprint density at radius 2 is 1.15 bits per heavy atom. The summed E-state index contributed by atoms with van der Waals surface area (Å²) in [6.07, 6.45) is 17.2. The molecule has 5 heteroatoms. The van der Waals surface area contributed by atoms with Crippen LogP contribution in [0.5, 0.6) is 0 Å². The average molecular weight is 386 g/mol. The van der Waals surface area contributed by atoms with E-state index in [1.165, 1.54) is 89.2 Å². The number of hydrogen-bond acceptors (Lipinski definition) is 3. The second-order valence-corrected chi connectivity index (χ2v) is 8.39. The molecule has 26 heavy (non-hydrogen) atoms. The van der Waals surface area contributed by atoms with Crippen molar-refractivity contribution in [3.8, 4) is 0 Å². The van der Waals surface area contributed by atoms with Gasteiger partial charge in [-0.2, -0.15) is 0 Å². The molecule has 4 nitrogen and oxygen atoms in total. The highest BCUT2D eigenvalue weighted by molar-refractivity contribution is 7.85. The third-order valence-corrected chi connectivity index (χ3v) is 5.26. The Balaban J connectivity index is 0.000000502. The maximum Gasteiger partial charge on any atom is 0.124 e. The van der Waals surface area contributed by atoms with E-state index < -0.39 is 10.1 Å². The van der Waals surface area contributed by atoms with Crippen molar-refractivity contribution in [3.63, 3.8) is 0 Å². The fourth-order valence-electron chi connectivity index (χ4n) is 2.72. The van der Waals surface area contributed by atoms with Gasteiger partial charge in [-0.25, -0.2) is 8.42 Å². The van der Waals surface area contributed by atoms with Gasteiger partial charge in [0.15, 0.2) is 0 Å². The van der Waals surface area contributed by atoms with Crippen molar-refractivity contribution >= 4 is 10.1 Å². The molecule has 0 aliphatic heterocycles. The van der Waals surface area contributed by atoms with Gasteiger partial charge in [0.2, 0.25) is 0 Å². The summed E-state index contributed by atoms with van der Waals surface area (Å²) in [6, 6.07) is 5.78. The summed E-state index contributed by atoms with van der Waals surface area (Å²) in [6.45, 7) is 5.23. The Kier molecular flexibility index (Phi) is 15.7. The lowest BCUT2D eigenvalue weighted by Gasteiger charge is -2.05. The predicted octanol–water partition coefficient (Wildman–Crippen LogP) is 4.83. The van der Waals surface area contributed by atoms with Crippen molar-refractivity contribution in [2.24, 2.45) is 0 Å². The van der Waals surface area contributed by atoms with Gasteiger partial charge in [0.25, 0.3) is 0 Å². The van der Waals surface area contributed by atoms with E-state index in [-0.39, 0.29) is 4.90 Å². The molecule has 0 saturated heterocycles. The monoisotopic (exact) mass is 385 g/mol. The van der Waals surface area contributed by atoms with Gasteiger partial charge in [-0.05, 0) is 31.9 Å². The minimum atomic E-state index is -4.27. The van der Waals surface area contributed by atoms with Gasteiger partial charge in [-0.1, -0.05) is 88.8 Å². The highest BCUT2D eigenvalue weighted by Crippen LogP contribution is 2.11. The van der Waals surface area contributed by atoms with Crippen LogP contribution in [0.25, 0.3) is 0 Å². The summed E-state index contributed by atoms with van der Waals surface area (Å²) >= 11 is 0. The molecule has 3 N–H and O–H groups in total. The van der Waals surface area contributed by atoms with Crippen LogP contribution in [0.4, 0.5) is 0 Å². The van der Waals surface area contributed by atoms with E-state index in [1.807, 2.05) is 6.92 Å². The number of aryl methyl sites for hydroxylation is 1. The lowest BCUT2D eigenvalue weighted by Crippen LogP contribution is -2.50. The molecule has 0 aliphatic carbocycles. The quantitative estimate of drug-likeness (QED) is 0.390. The molecular weight excluding hydrogens is 346 g/mol. The molecule has 1 rings (SSSR count). The largest absolute Gasteiger partial charge is 0.744 e. The smallest absolute Gasteiger partial charge is 0.124 e. The summed E-state index contributed by atoms with van der Waals surface area (Å²) < 4.78 is 31.2. The molecule has 0 spiro atoms. The lowest BCUT2D eigenvalue weighted by atomic mass is 10.1. The average Bonchev–Trinajstić information content (AvgIpc) is 2.60. The van der Waals surface area contributed by atoms with Gasteiger partial charge in [0.1, 0.15) is 10.1 Å². The van der Waals surface area contributed by atoms with Crippen molar-refractivity contribution in [2.75, 3.05) is 6.54 Å². The Morgan fingerprint density at radius 3 is 1.50 bits per heavy atom. The van der Waals surface area contributed by atoms with E-state index in [1.54, 1.807) is 12.1 Å². The molecule has 0 saturated carbocycles. The van der Waals surface area contributed by atoms with Crippen LogP contribution in [0.15, 0.2) is 29.2 Å². The Hall–Kier alpha value is -0.910. The zero-order valence-electron chi connectivity index (χ0n) is 16.8. The zero-order valence-corrected chi connectivity index (χ0v) is 17.7. The molecular formula is C21H39NO3S. The van der Waals surface area contributed by atoms with Crippen molar-refractivity contribution < 1.29 is 18.7 Å². The third kappa shape index (κ3) is 15.4. The molecule has 0 bridgehead atoms. The highest BCUT2D eigenvalue weighted by Gasteiger charge is 1.97. The van der Waals surface area contributed by atoms with E-state index in [9.17, 15) is 13.0 Å². The Labute approximate surface area is 161 Å². The number of rotatable bonds is 13. The van der Waals surface area contributed by atoms with Crippen LogP contribution < -0.4 is 5.73 Å². The van der Waals surface area contributed by atoms with Gasteiger partial charge in [-0.3, -0.25) is 0 Å². The Bertz CT molecular complexity index is 515. The minimum absolute atomic E-state index is 0.178. The molecule has 1 aromatic carbocycles.